The number of carboxylic acids is 1. The Morgan fingerprint density at radius 1 is 1.03 bits per heavy atom. The highest BCUT2D eigenvalue weighted by Crippen LogP contribution is 2.68. The summed E-state index contributed by atoms with van der Waals surface area (Å²) in [5.41, 5.74) is -0.211. The summed E-state index contributed by atoms with van der Waals surface area (Å²) in [6.07, 6.45) is 5.38. The number of ether oxygens (including phenoxy) is 1. The quantitative estimate of drug-likeness (QED) is 0.451. The van der Waals surface area contributed by atoms with E-state index in [1.165, 1.54) is 6.92 Å². The van der Waals surface area contributed by atoms with Gasteiger partial charge in [0.2, 0.25) is 0 Å². The number of carbonyl (C=O) groups is 3. The third-order valence-electron chi connectivity index (χ3n) is 9.82. The fourth-order valence-corrected chi connectivity index (χ4v) is 9.86. The van der Waals surface area contributed by atoms with E-state index in [0.717, 1.165) is 32.1 Å². The molecule has 0 amide bonds. The third-order valence-corrected chi connectivity index (χ3v) is 11.0. The number of aliphatic hydroxyl groups is 1. The maximum absolute atomic E-state index is 12.9. The minimum atomic E-state index is -0.778. The van der Waals surface area contributed by atoms with E-state index in [4.69, 9.17) is 4.74 Å². The van der Waals surface area contributed by atoms with Gasteiger partial charge < -0.3 is 14.9 Å². The molecule has 0 heterocycles. The van der Waals surface area contributed by atoms with Gasteiger partial charge in [0.25, 0.3) is 0 Å². The van der Waals surface area contributed by atoms with E-state index in [0.29, 0.717) is 30.6 Å². The molecule has 0 radical (unpaired) electrons. The second-order valence-electron chi connectivity index (χ2n) is 11.1. The number of halogens is 1. The largest absolute Gasteiger partial charge is 0.481 e. The number of esters is 1. The van der Waals surface area contributed by atoms with Crippen molar-refractivity contribution in [3.8, 4) is 0 Å². The highest BCUT2D eigenvalue weighted by atomic mass is 79.9. The zero-order valence-corrected chi connectivity index (χ0v) is 20.3. The normalized spacial score (nSPS) is 48.8. The third kappa shape index (κ3) is 3.58. The number of hydrogen-bond acceptors (Lipinski definition) is 5. The molecule has 4 aliphatic rings. The van der Waals surface area contributed by atoms with Crippen molar-refractivity contribution in [2.24, 2.45) is 46.3 Å². The molecule has 4 saturated carbocycles. The molecule has 4 unspecified atom stereocenters. The molecular formula is C24H35BrO6. The second-order valence-corrected chi connectivity index (χ2v) is 12.1. The first kappa shape index (κ1) is 23.2. The number of rotatable bonds is 4. The van der Waals surface area contributed by atoms with E-state index < -0.39 is 24.0 Å². The fourth-order valence-electron chi connectivity index (χ4n) is 8.41. The van der Waals surface area contributed by atoms with E-state index >= 15 is 0 Å². The second kappa shape index (κ2) is 8.12. The number of ketones is 1. The molecule has 2 N–H and O–H groups in total. The van der Waals surface area contributed by atoms with Crippen molar-refractivity contribution < 1.29 is 29.3 Å². The summed E-state index contributed by atoms with van der Waals surface area (Å²) in [6.45, 7) is 5.69. The van der Waals surface area contributed by atoms with Gasteiger partial charge in [-0.2, -0.15) is 0 Å². The topological polar surface area (TPSA) is 101 Å². The Balaban J connectivity index is 1.57. The minimum absolute atomic E-state index is 0.0292. The monoisotopic (exact) mass is 498 g/mol. The van der Waals surface area contributed by atoms with Gasteiger partial charge in [-0.15, -0.1) is 0 Å². The van der Waals surface area contributed by atoms with Crippen LogP contribution in [0.1, 0.15) is 65.7 Å². The van der Waals surface area contributed by atoms with Gasteiger partial charge in [-0.05, 0) is 73.5 Å². The van der Waals surface area contributed by atoms with Crippen LogP contribution in [0.5, 0.6) is 0 Å². The summed E-state index contributed by atoms with van der Waals surface area (Å²) in [5.74, 6) is -0.612. The SMILES string of the molecule is CC(=O)OCC(=O)[C@H]1CCC2C3C[C@@H](O)C4[C@H](Br)[C@@H](C(=O)O)CC[C@]4(C)C3CC[C@@]21C. The van der Waals surface area contributed by atoms with E-state index in [1.54, 1.807) is 0 Å². The smallest absolute Gasteiger partial charge is 0.307 e. The van der Waals surface area contributed by atoms with Crippen molar-refractivity contribution in [1.29, 1.82) is 0 Å². The Labute approximate surface area is 192 Å². The van der Waals surface area contributed by atoms with Crippen LogP contribution in [0.4, 0.5) is 0 Å². The summed E-state index contributed by atoms with van der Waals surface area (Å²) < 4.78 is 5.01. The van der Waals surface area contributed by atoms with E-state index in [2.05, 4.69) is 29.8 Å². The van der Waals surface area contributed by atoms with Crippen LogP contribution >= 0.6 is 15.9 Å². The van der Waals surface area contributed by atoms with Crippen molar-refractivity contribution in [1.82, 2.24) is 0 Å². The highest BCUT2D eigenvalue weighted by molar-refractivity contribution is 9.09. The summed E-state index contributed by atoms with van der Waals surface area (Å²) in [5, 5.41) is 20.9. The number of Topliss-reactive ketones (excluding diaryl/α,β-unsaturated/α-hetero) is 1. The Kier molecular flexibility index (Phi) is 6.08. The van der Waals surface area contributed by atoms with Gasteiger partial charge in [0.05, 0.1) is 12.0 Å². The molecule has 0 saturated heterocycles. The van der Waals surface area contributed by atoms with Gasteiger partial charge in [0.1, 0.15) is 6.61 Å². The maximum atomic E-state index is 12.9. The fraction of sp³-hybridized carbons (Fsp3) is 0.875. The number of carboxylic acid groups (broad SMARTS) is 1. The van der Waals surface area contributed by atoms with Crippen LogP contribution in [0.3, 0.4) is 0 Å². The zero-order valence-electron chi connectivity index (χ0n) is 18.7. The van der Waals surface area contributed by atoms with Crippen LogP contribution in [0.15, 0.2) is 0 Å². The van der Waals surface area contributed by atoms with Gasteiger partial charge in [0.15, 0.2) is 5.78 Å². The number of carbonyl (C=O) groups excluding carboxylic acids is 2. The van der Waals surface area contributed by atoms with Crippen LogP contribution in [0.25, 0.3) is 0 Å². The molecule has 7 heteroatoms. The average molecular weight is 499 g/mol. The Hall–Kier alpha value is -0.950. The van der Waals surface area contributed by atoms with Crippen molar-refractivity contribution in [3.63, 3.8) is 0 Å². The van der Waals surface area contributed by atoms with E-state index in [9.17, 15) is 24.6 Å². The summed E-state index contributed by atoms with van der Waals surface area (Å²) in [7, 11) is 0. The van der Waals surface area contributed by atoms with Gasteiger partial charge >= 0.3 is 11.9 Å². The molecule has 0 aromatic carbocycles. The zero-order chi connectivity index (χ0) is 22.7. The molecule has 4 aliphatic carbocycles. The predicted octanol–water partition coefficient (Wildman–Crippen LogP) is 3.82. The number of fused-ring (bicyclic) bond motifs is 5. The molecule has 31 heavy (non-hydrogen) atoms. The van der Waals surface area contributed by atoms with Crippen molar-refractivity contribution in [3.05, 3.63) is 0 Å². The molecule has 0 spiro atoms. The average Bonchev–Trinajstić information content (AvgIpc) is 3.03. The molecule has 10 atom stereocenters. The van der Waals surface area contributed by atoms with Crippen LogP contribution < -0.4 is 0 Å². The molecule has 6 nitrogen and oxygen atoms in total. The van der Waals surface area contributed by atoms with E-state index in [-0.39, 0.29) is 39.9 Å². The van der Waals surface area contributed by atoms with Crippen molar-refractivity contribution in [2.75, 3.05) is 6.61 Å². The van der Waals surface area contributed by atoms with Gasteiger partial charge in [-0.1, -0.05) is 29.8 Å². The molecule has 0 aromatic rings. The number of hydrogen-bond donors (Lipinski definition) is 2. The Morgan fingerprint density at radius 3 is 2.32 bits per heavy atom. The molecule has 0 bridgehead atoms. The minimum Gasteiger partial charge on any atom is -0.481 e. The maximum Gasteiger partial charge on any atom is 0.307 e. The summed E-state index contributed by atoms with van der Waals surface area (Å²) in [6, 6.07) is 0. The molecule has 174 valence electrons. The highest BCUT2D eigenvalue weighted by Gasteiger charge is 2.64. The first-order valence-electron chi connectivity index (χ1n) is 11.7. The number of aliphatic hydroxyl groups excluding tert-OH is 1. The lowest BCUT2D eigenvalue weighted by Crippen LogP contribution is -2.61. The Morgan fingerprint density at radius 2 is 1.68 bits per heavy atom. The van der Waals surface area contributed by atoms with Crippen LogP contribution in [0, 0.1) is 46.3 Å². The van der Waals surface area contributed by atoms with Gasteiger partial charge in [-0.3, -0.25) is 14.4 Å². The number of alkyl halides is 1. The Bertz CT molecular complexity index is 769. The summed E-state index contributed by atoms with van der Waals surface area (Å²) in [4.78, 5) is 35.6. The van der Waals surface area contributed by atoms with Crippen LogP contribution in [-0.4, -0.2) is 45.5 Å². The van der Waals surface area contributed by atoms with E-state index in [1.807, 2.05) is 0 Å². The number of aliphatic carboxylic acids is 1. The molecule has 4 rings (SSSR count). The first-order chi connectivity index (χ1) is 14.5. The summed E-state index contributed by atoms with van der Waals surface area (Å²) >= 11 is 3.69. The first-order valence-corrected chi connectivity index (χ1v) is 12.6. The van der Waals surface area contributed by atoms with Crippen molar-refractivity contribution in [2.45, 2.75) is 76.6 Å². The van der Waals surface area contributed by atoms with Crippen LogP contribution in [-0.2, 0) is 19.1 Å². The lowest BCUT2D eigenvalue weighted by molar-refractivity contribution is -0.171. The standard InChI is InChI=1S/C24H35BrO6/c1-12(26)31-11-19(28)17-5-4-15-14-10-18(27)20-21(25)13(22(29)30)6-8-24(20,3)16(14)7-9-23(15,17)2/h13-18,20-21,27H,4-11H2,1-3H3,(H,29,30)/t13-,14?,15?,16?,17+,18+,20?,21+,23-,24+/m0/s1. The van der Waals surface area contributed by atoms with Crippen molar-refractivity contribution >= 4 is 33.7 Å². The van der Waals surface area contributed by atoms with Gasteiger partial charge in [-0.25, -0.2) is 0 Å². The molecule has 4 fully saturated rings. The molecule has 0 aromatic heterocycles. The van der Waals surface area contributed by atoms with Crippen LogP contribution in [0.2, 0.25) is 0 Å². The molecule has 0 aliphatic heterocycles. The molecular weight excluding hydrogens is 464 g/mol. The van der Waals surface area contributed by atoms with Gasteiger partial charge in [0, 0.05) is 23.6 Å². The predicted molar refractivity (Wildman–Crippen MR) is 117 cm³/mol. The lowest BCUT2D eigenvalue weighted by atomic mass is 9.43. The lowest BCUT2D eigenvalue weighted by Gasteiger charge is -2.63.